The molecule has 2 rings (SSSR count). The van der Waals surface area contributed by atoms with Crippen LogP contribution >= 0.6 is 11.8 Å². The smallest absolute Gasteiger partial charge is 0.192 e. The molecule has 0 radical (unpaired) electrons. The molecule has 0 atom stereocenters. The number of benzene rings is 1. The summed E-state index contributed by atoms with van der Waals surface area (Å²) in [5, 5.41) is 9.61. The van der Waals surface area contributed by atoms with Crippen LogP contribution in [0.4, 0.5) is 0 Å². The molecular weight excluding hydrogens is 244 g/mol. The number of hydrogen-bond acceptors (Lipinski definition) is 4. The second-order valence-electron chi connectivity index (χ2n) is 4.36. The van der Waals surface area contributed by atoms with E-state index in [9.17, 15) is 0 Å². The molecule has 1 N–H and O–H groups in total. The summed E-state index contributed by atoms with van der Waals surface area (Å²) < 4.78 is 0. The molecule has 1 aromatic heterocycles. The lowest BCUT2D eigenvalue weighted by Gasteiger charge is -2.06. The van der Waals surface area contributed by atoms with Crippen LogP contribution in [0.2, 0.25) is 0 Å². The number of nitrogens with zero attached hydrogens (tertiary/aromatic N) is 2. The Kier molecular flexibility index (Phi) is 4.33. The minimum atomic E-state index is -0.0198. The molecular formula is C14H16N2OS. The summed E-state index contributed by atoms with van der Waals surface area (Å²) in [7, 11) is 0. The van der Waals surface area contributed by atoms with Gasteiger partial charge in [0.25, 0.3) is 0 Å². The van der Waals surface area contributed by atoms with Crippen LogP contribution in [0, 0.1) is 0 Å². The highest BCUT2D eigenvalue weighted by Crippen LogP contribution is 2.26. The predicted octanol–water partition coefficient (Wildman–Crippen LogP) is 3.24. The maximum atomic E-state index is 8.91. The highest BCUT2D eigenvalue weighted by atomic mass is 32.2. The van der Waals surface area contributed by atoms with Gasteiger partial charge >= 0.3 is 0 Å². The Morgan fingerprint density at radius 1 is 1.11 bits per heavy atom. The monoisotopic (exact) mass is 260 g/mol. The van der Waals surface area contributed by atoms with Crippen LogP contribution in [0.3, 0.4) is 0 Å². The van der Waals surface area contributed by atoms with E-state index in [1.165, 1.54) is 17.3 Å². The van der Waals surface area contributed by atoms with Crippen molar-refractivity contribution in [3.8, 4) is 0 Å². The second-order valence-corrected chi connectivity index (χ2v) is 5.40. The maximum absolute atomic E-state index is 8.91. The van der Waals surface area contributed by atoms with Crippen molar-refractivity contribution in [2.24, 2.45) is 0 Å². The van der Waals surface area contributed by atoms with Crippen LogP contribution in [0.1, 0.15) is 30.9 Å². The lowest BCUT2D eigenvalue weighted by molar-refractivity contribution is 0.280. The molecule has 94 valence electrons. The van der Waals surface area contributed by atoms with Gasteiger partial charge in [0, 0.05) is 22.9 Å². The van der Waals surface area contributed by atoms with Gasteiger partial charge < -0.3 is 5.11 Å². The first-order valence-corrected chi connectivity index (χ1v) is 6.70. The van der Waals surface area contributed by atoms with Crippen LogP contribution in [0.15, 0.2) is 46.7 Å². The predicted molar refractivity (Wildman–Crippen MR) is 72.6 cm³/mol. The zero-order valence-corrected chi connectivity index (χ0v) is 11.3. The summed E-state index contributed by atoms with van der Waals surface area (Å²) in [5.41, 5.74) is 2.06. The summed E-state index contributed by atoms with van der Waals surface area (Å²) in [4.78, 5) is 9.51. The molecule has 0 aliphatic heterocycles. The summed E-state index contributed by atoms with van der Waals surface area (Å²) in [6.45, 7) is 4.34. The van der Waals surface area contributed by atoms with Gasteiger partial charge in [-0.25, -0.2) is 9.97 Å². The van der Waals surface area contributed by atoms with Crippen molar-refractivity contribution in [2.75, 3.05) is 0 Å². The molecule has 0 fully saturated rings. The number of aliphatic hydroxyl groups is 1. The third-order valence-corrected chi connectivity index (χ3v) is 3.52. The maximum Gasteiger partial charge on any atom is 0.192 e. The van der Waals surface area contributed by atoms with Crippen molar-refractivity contribution in [1.29, 1.82) is 0 Å². The van der Waals surface area contributed by atoms with Crippen LogP contribution in [-0.2, 0) is 6.61 Å². The molecule has 1 heterocycles. The number of aromatic nitrogens is 2. The highest BCUT2D eigenvalue weighted by molar-refractivity contribution is 7.99. The average Bonchev–Trinajstić information content (AvgIpc) is 2.40. The minimum Gasteiger partial charge on any atom is -0.392 e. The van der Waals surface area contributed by atoms with Crippen molar-refractivity contribution in [1.82, 2.24) is 9.97 Å². The number of aliphatic hydroxyl groups excluding tert-OH is 1. The molecule has 0 unspecified atom stereocenters. The Bertz CT molecular complexity index is 494. The third kappa shape index (κ3) is 3.31. The van der Waals surface area contributed by atoms with Crippen molar-refractivity contribution < 1.29 is 5.11 Å². The molecule has 4 heteroatoms. The zero-order valence-electron chi connectivity index (χ0n) is 10.5. The van der Waals surface area contributed by atoms with Gasteiger partial charge in [0.05, 0.1) is 6.61 Å². The van der Waals surface area contributed by atoms with Crippen LogP contribution in [0.25, 0.3) is 0 Å². The third-order valence-electron chi connectivity index (χ3n) is 2.62. The van der Waals surface area contributed by atoms with Crippen LogP contribution < -0.4 is 0 Å². The largest absolute Gasteiger partial charge is 0.392 e. The molecule has 0 aliphatic carbocycles. The standard InChI is InChI=1S/C14H16N2OS/c1-10(2)12-3-5-13(6-4-12)18-14-15-7-11(9-17)8-16-14/h3-8,10,17H,9H2,1-2H3. The Morgan fingerprint density at radius 3 is 2.22 bits per heavy atom. The molecule has 18 heavy (non-hydrogen) atoms. The SMILES string of the molecule is CC(C)c1ccc(Sc2ncc(CO)cn2)cc1. The van der Waals surface area contributed by atoms with E-state index in [0.29, 0.717) is 11.1 Å². The summed E-state index contributed by atoms with van der Waals surface area (Å²) in [6.07, 6.45) is 3.30. The van der Waals surface area contributed by atoms with Gasteiger partial charge in [0.2, 0.25) is 0 Å². The van der Waals surface area contributed by atoms with Gasteiger partial charge in [0.1, 0.15) is 0 Å². The van der Waals surface area contributed by atoms with Gasteiger partial charge in [0.15, 0.2) is 5.16 Å². The van der Waals surface area contributed by atoms with E-state index in [1.807, 2.05) is 0 Å². The van der Waals surface area contributed by atoms with Crippen LogP contribution in [-0.4, -0.2) is 15.1 Å². The first-order valence-electron chi connectivity index (χ1n) is 5.88. The highest BCUT2D eigenvalue weighted by Gasteiger charge is 2.02. The molecule has 0 spiro atoms. The first kappa shape index (κ1) is 13.1. The van der Waals surface area contributed by atoms with Crippen molar-refractivity contribution >= 4 is 11.8 Å². The second kappa shape index (κ2) is 5.98. The quantitative estimate of drug-likeness (QED) is 0.857. The zero-order chi connectivity index (χ0) is 13.0. The first-order chi connectivity index (χ1) is 8.69. The van der Waals surface area contributed by atoms with Gasteiger partial charge in [-0.15, -0.1) is 0 Å². The normalized spacial score (nSPS) is 10.9. The molecule has 3 nitrogen and oxygen atoms in total. The number of rotatable bonds is 4. The summed E-state index contributed by atoms with van der Waals surface area (Å²) in [5.74, 6) is 0.545. The Morgan fingerprint density at radius 2 is 1.72 bits per heavy atom. The van der Waals surface area contributed by atoms with E-state index in [1.54, 1.807) is 12.4 Å². The average molecular weight is 260 g/mol. The van der Waals surface area contributed by atoms with Crippen molar-refractivity contribution in [3.05, 3.63) is 47.8 Å². The Labute approximate surface area is 111 Å². The van der Waals surface area contributed by atoms with E-state index in [4.69, 9.17) is 5.11 Å². The molecule has 0 bridgehead atoms. The topological polar surface area (TPSA) is 46.0 Å². The van der Waals surface area contributed by atoms with E-state index in [0.717, 1.165) is 10.5 Å². The van der Waals surface area contributed by atoms with Gasteiger partial charge in [-0.1, -0.05) is 26.0 Å². The minimum absolute atomic E-state index is 0.0198. The van der Waals surface area contributed by atoms with Crippen molar-refractivity contribution in [2.45, 2.75) is 36.4 Å². The van der Waals surface area contributed by atoms with Crippen LogP contribution in [0.5, 0.6) is 0 Å². The Hall–Kier alpha value is -1.39. The van der Waals surface area contributed by atoms with E-state index in [2.05, 4.69) is 48.1 Å². The molecule has 0 amide bonds. The Balaban J connectivity index is 2.08. The summed E-state index contributed by atoms with van der Waals surface area (Å²) >= 11 is 1.52. The van der Waals surface area contributed by atoms with Gasteiger partial charge in [-0.3, -0.25) is 0 Å². The fraction of sp³-hybridized carbons (Fsp3) is 0.286. The van der Waals surface area contributed by atoms with E-state index in [-0.39, 0.29) is 6.61 Å². The van der Waals surface area contributed by atoms with Crippen molar-refractivity contribution in [3.63, 3.8) is 0 Å². The van der Waals surface area contributed by atoms with Gasteiger partial charge in [-0.05, 0) is 35.4 Å². The molecule has 0 saturated carbocycles. The summed E-state index contributed by atoms with van der Waals surface area (Å²) in [6, 6.07) is 8.44. The molecule has 0 aliphatic rings. The van der Waals surface area contributed by atoms with E-state index < -0.39 is 0 Å². The number of hydrogen-bond donors (Lipinski definition) is 1. The van der Waals surface area contributed by atoms with E-state index >= 15 is 0 Å². The lowest BCUT2D eigenvalue weighted by Crippen LogP contribution is -1.91. The molecule has 1 aromatic carbocycles. The lowest BCUT2D eigenvalue weighted by atomic mass is 10.0. The molecule has 2 aromatic rings. The molecule has 0 saturated heterocycles. The van der Waals surface area contributed by atoms with Gasteiger partial charge in [-0.2, -0.15) is 0 Å². The fourth-order valence-electron chi connectivity index (χ4n) is 1.50. The fourth-order valence-corrected chi connectivity index (χ4v) is 2.20.